The summed E-state index contributed by atoms with van der Waals surface area (Å²) < 4.78 is 5.57. The molecule has 0 aromatic heterocycles. The molecule has 0 aliphatic carbocycles. The van der Waals surface area contributed by atoms with E-state index >= 15 is 0 Å². The van der Waals surface area contributed by atoms with Crippen LogP contribution in [0.3, 0.4) is 0 Å². The average molecular weight is 365 g/mol. The zero-order valence-corrected chi connectivity index (χ0v) is 15.8. The molecule has 5 nitrogen and oxygen atoms in total. The van der Waals surface area contributed by atoms with E-state index in [1.807, 2.05) is 54.3 Å². The predicted molar refractivity (Wildman–Crippen MR) is 110 cm³/mol. The Hall–Kier alpha value is -2.79. The van der Waals surface area contributed by atoms with E-state index in [0.717, 1.165) is 38.4 Å². The number of carbonyl (C=O) groups is 1. The summed E-state index contributed by atoms with van der Waals surface area (Å²) in [7, 11) is 0. The van der Waals surface area contributed by atoms with Gasteiger partial charge in [-0.25, -0.2) is 4.79 Å². The summed E-state index contributed by atoms with van der Waals surface area (Å²) in [5, 5.41) is 2.97. The van der Waals surface area contributed by atoms with Gasteiger partial charge in [-0.2, -0.15) is 0 Å². The van der Waals surface area contributed by atoms with Crippen LogP contribution in [-0.2, 0) is 0 Å². The molecule has 1 aliphatic rings. The molecule has 2 aromatic carbocycles. The first-order valence-electron chi connectivity index (χ1n) is 9.48. The molecule has 0 unspecified atom stereocenters. The Morgan fingerprint density at radius 2 is 1.74 bits per heavy atom. The van der Waals surface area contributed by atoms with Crippen molar-refractivity contribution in [2.24, 2.45) is 0 Å². The number of piperazine rings is 1. The van der Waals surface area contributed by atoms with Crippen molar-refractivity contribution in [2.45, 2.75) is 6.92 Å². The first-order chi connectivity index (χ1) is 13.3. The Morgan fingerprint density at radius 1 is 1.04 bits per heavy atom. The number of hydrogen-bond donors (Lipinski definition) is 1. The molecule has 27 heavy (non-hydrogen) atoms. The summed E-state index contributed by atoms with van der Waals surface area (Å²) in [5.74, 6) is 0.707. The van der Waals surface area contributed by atoms with Gasteiger partial charge in [-0.05, 0) is 24.6 Å². The van der Waals surface area contributed by atoms with Crippen molar-refractivity contribution in [3.8, 4) is 5.75 Å². The molecule has 1 saturated heterocycles. The van der Waals surface area contributed by atoms with Crippen molar-refractivity contribution in [2.75, 3.05) is 44.6 Å². The van der Waals surface area contributed by atoms with Gasteiger partial charge in [0.1, 0.15) is 5.75 Å². The van der Waals surface area contributed by atoms with Gasteiger partial charge in [-0.1, -0.05) is 54.6 Å². The summed E-state index contributed by atoms with van der Waals surface area (Å²) in [5.41, 5.74) is 1.93. The summed E-state index contributed by atoms with van der Waals surface area (Å²) >= 11 is 0. The number of amides is 2. The van der Waals surface area contributed by atoms with Gasteiger partial charge in [0.25, 0.3) is 0 Å². The Balaban J connectivity index is 1.46. The minimum Gasteiger partial charge on any atom is -0.492 e. The fourth-order valence-corrected chi connectivity index (χ4v) is 3.08. The van der Waals surface area contributed by atoms with Gasteiger partial charge in [0.15, 0.2) is 0 Å². The maximum atomic E-state index is 12.6. The van der Waals surface area contributed by atoms with Gasteiger partial charge in [0, 0.05) is 32.7 Å². The molecule has 0 atom stereocenters. The smallest absolute Gasteiger partial charge is 0.322 e. The van der Waals surface area contributed by atoms with Gasteiger partial charge in [-0.3, -0.25) is 4.90 Å². The Kier molecular flexibility index (Phi) is 6.88. The van der Waals surface area contributed by atoms with Crippen LogP contribution >= 0.6 is 0 Å². The average Bonchev–Trinajstić information content (AvgIpc) is 2.71. The van der Waals surface area contributed by atoms with Crippen LogP contribution < -0.4 is 10.1 Å². The maximum Gasteiger partial charge on any atom is 0.322 e. The van der Waals surface area contributed by atoms with Gasteiger partial charge in [-0.15, -0.1) is 0 Å². The molecule has 5 heteroatoms. The lowest BCUT2D eigenvalue weighted by molar-refractivity contribution is 0.155. The fraction of sp³-hybridized carbons (Fsp3) is 0.318. The van der Waals surface area contributed by atoms with E-state index in [9.17, 15) is 4.79 Å². The highest BCUT2D eigenvalue weighted by molar-refractivity contribution is 5.91. The molecule has 0 spiro atoms. The third kappa shape index (κ3) is 5.59. The largest absolute Gasteiger partial charge is 0.492 e. The highest BCUT2D eigenvalue weighted by Crippen LogP contribution is 2.24. The molecule has 0 bridgehead atoms. The van der Waals surface area contributed by atoms with E-state index in [-0.39, 0.29) is 6.03 Å². The minimum atomic E-state index is -0.0679. The van der Waals surface area contributed by atoms with Crippen LogP contribution in [0.25, 0.3) is 6.08 Å². The Morgan fingerprint density at radius 3 is 2.48 bits per heavy atom. The zero-order chi connectivity index (χ0) is 18.9. The summed E-state index contributed by atoms with van der Waals surface area (Å²) in [4.78, 5) is 16.8. The summed E-state index contributed by atoms with van der Waals surface area (Å²) in [6.07, 6.45) is 4.33. The number of ether oxygens (including phenoxy) is 1. The van der Waals surface area contributed by atoms with Crippen LogP contribution in [-0.4, -0.2) is 55.2 Å². The van der Waals surface area contributed by atoms with Crippen molar-refractivity contribution in [3.63, 3.8) is 0 Å². The van der Waals surface area contributed by atoms with Crippen LogP contribution in [0.2, 0.25) is 0 Å². The summed E-state index contributed by atoms with van der Waals surface area (Å²) in [6, 6.07) is 17.8. The first-order valence-corrected chi connectivity index (χ1v) is 9.48. The number of carbonyl (C=O) groups excluding carboxylic acids is 1. The normalized spacial score (nSPS) is 15.1. The molecule has 2 aromatic rings. The van der Waals surface area contributed by atoms with E-state index in [4.69, 9.17) is 4.74 Å². The number of benzene rings is 2. The van der Waals surface area contributed by atoms with E-state index in [2.05, 4.69) is 34.5 Å². The Labute approximate surface area is 161 Å². The quantitative estimate of drug-likeness (QED) is 0.843. The van der Waals surface area contributed by atoms with Crippen molar-refractivity contribution >= 4 is 17.8 Å². The first kappa shape index (κ1) is 19.0. The molecule has 1 N–H and O–H groups in total. The molecule has 3 rings (SSSR count). The molecule has 2 amide bonds. The monoisotopic (exact) mass is 365 g/mol. The molecule has 142 valence electrons. The topological polar surface area (TPSA) is 44.8 Å². The lowest BCUT2D eigenvalue weighted by Crippen LogP contribution is -2.49. The SMILES string of the molecule is CCOc1ccccc1NC(=O)N1CCN(CC=Cc2ccccc2)CC1. The van der Waals surface area contributed by atoms with E-state index in [0.29, 0.717) is 12.4 Å². The molecule has 1 fully saturated rings. The number of hydrogen-bond acceptors (Lipinski definition) is 3. The molecular weight excluding hydrogens is 338 g/mol. The van der Waals surface area contributed by atoms with Crippen LogP contribution in [0.15, 0.2) is 60.7 Å². The number of para-hydroxylation sites is 2. The van der Waals surface area contributed by atoms with Crippen LogP contribution in [0.4, 0.5) is 10.5 Å². The molecule has 0 radical (unpaired) electrons. The molecule has 1 heterocycles. The predicted octanol–water partition coefficient (Wildman–Crippen LogP) is 3.95. The highest BCUT2D eigenvalue weighted by atomic mass is 16.5. The van der Waals surface area contributed by atoms with Gasteiger partial charge in [0.2, 0.25) is 0 Å². The van der Waals surface area contributed by atoms with E-state index < -0.39 is 0 Å². The van der Waals surface area contributed by atoms with E-state index in [1.165, 1.54) is 5.56 Å². The number of nitrogens with zero attached hydrogens (tertiary/aromatic N) is 2. The van der Waals surface area contributed by atoms with Crippen molar-refractivity contribution in [1.29, 1.82) is 0 Å². The second-order valence-electron chi connectivity index (χ2n) is 6.46. The zero-order valence-electron chi connectivity index (χ0n) is 15.8. The van der Waals surface area contributed by atoms with Crippen molar-refractivity contribution < 1.29 is 9.53 Å². The van der Waals surface area contributed by atoms with Crippen LogP contribution in [0.5, 0.6) is 5.75 Å². The van der Waals surface area contributed by atoms with Crippen LogP contribution in [0, 0.1) is 0 Å². The standard InChI is InChI=1S/C22H27N3O2/c1-2-27-21-13-7-6-12-20(21)23-22(26)25-17-15-24(16-18-25)14-8-11-19-9-4-3-5-10-19/h3-13H,2,14-18H2,1H3,(H,23,26). The second-order valence-corrected chi connectivity index (χ2v) is 6.46. The summed E-state index contributed by atoms with van der Waals surface area (Å²) in [6.45, 7) is 6.60. The lowest BCUT2D eigenvalue weighted by atomic mass is 10.2. The number of rotatable bonds is 6. The van der Waals surface area contributed by atoms with E-state index in [1.54, 1.807) is 0 Å². The third-order valence-corrected chi connectivity index (χ3v) is 4.56. The molecule has 0 saturated carbocycles. The Bertz CT molecular complexity index is 753. The lowest BCUT2D eigenvalue weighted by Gasteiger charge is -2.34. The fourth-order valence-electron chi connectivity index (χ4n) is 3.08. The number of nitrogens with one attached hydrogen (secondary N) is 1. The van der Waals surface area contributed by atoms with Crippen molar-refractivity contribution in [3.05, 3.63) is 66.2 Å². The van der Waals surface area contributed by atoms with Crippen LogP contribution in [0.1, 0.15) is 12.5 Å². The number of urea groups is 1. The maximum absolute atomic E-state index is 12.6. The van der Waals surface area contributed by atoms with Crippen molar-refractivity contribution in [1.82, 2.24) is 9.80 Å². The highest BCUT2D eigenvalue weighted by Gasteiger charge is 2.21. The van der Waals surface area contributed by atoms with Gasteiger partial charge in [0.05, 0.1) is 12.3 Å². The second kappa shape index (κ2) is 9.78. The number of anilines is 1. The molecular formula is C22H27N3O2. The van der Waals surface area contributed by atoms with Gasteiger partial charge >= 0.3 is 6.03 Å². The van der Waals surface area contributed by atoms with Gasteiger partial charge < -0.3 is 15.0 Å². The minimum absolute atomic E-state index is 0.0679. The third-order valence-electron chi connectivity index (χ3n) is 4.56. The molecule has 1 aliphatic heterocycles.